The third-order valence-corrected chi connectivity index (χ3v) is 5.22. The minimum atomic E-state index is -0.512. The normalized spacial score (nSPS) is 19.7. The molecule has 1 aromatic carbocycles. The summed E-state index contributed by atoms with van der Waals surface area (Å²) in [5.74, 6) is -0.905. The van der Waals surface area contributed by atoms with Gasteiger partial charge in [-0.25, -0.2) is 4.79 Å². The molecule has 3 rings (SSSR count). The fourth-order valence-electron chi connectivity index (χ4n) is 3.69. The molecule has 1 heterocycles. The number of ketones is 1. The predicted octanol–water partition coefficient (Wildman–Crippen LogP) is 3.89. The van der Waals surface area contributed by atoms with Crippen LogP contribution in [0.1, 0.15) is 44.6 Å². The number of carbonyl (C=O) groups excluding carboxylic acids is 2. The van der Waals surface area contributed by atoms with Crippen molar-refractivity contribution in [2.75, 3.05) is 19.8 Å². The van der Waals surface area contributed by atoms with E-state index < -0.39 is 11.9 Å². The van der Waals surface area contributed by atoms with Gasteiger partial charge in [-0.05, 0) is 38.3 Å². The maximum atomic E-state index is 12.9. The smallest absolute Gasteiger partial charge is 0.336 e. The Hall–Kier alpha value is -2.11. The molecular formula is C21H24ClNO4. The van der Waals surface area contributed by atoms with Crippen molar-refractivity contribution < 1.29 is 19.1 Å². The van der Waals surface area contributed by atoms with Gasteiger partial charge in [-0.2, -0.15) is 0 Å². The van der Waals surface area contributed by atoms with Gasteiger partial charge in [0.15, 0.2) is 5.78 Å². The zero-order chi connectivity index (χ0) is 19.4. The zero-order valence-corrected chi connectivity index (χ0v) is 16.4. The molecule has 1 aromatic rings. The van der Waals surface area contributed by atoms with Crippen LogP contribution in [0.5, 0.6) is 0 Å². The van der Waals surface area contributed by atoms with Gasteiger partial charge in [-0.1, -0.05) is 29.8 Å². The number of hydrogen-bond acceptors (Lipinski definition) is 5. The lowest BCUT2D eigenvalue weighted by Gasteiger charge is -2.34. The molecule has 0 bridgehead atoms. The van der Waals surface area contributed by atoms with E-state index in [9.17, 15) is 9.59 Å². The number of Topliss-reactive ketones (excluding diaryl/α,β-unsaturated/α-hetero) is 1. The second kappa shape index (κ2) is 8.72. The molecular weight excluding hydrogens is 366 g/mol. The van der Waals surface area contributed by atoms with E-state index >= 15 is 0 Å². The summed E-state index contributed by atoms with van der Waals surface area (Å²) in [6, 6.07) is 7.34. The topological polar surface area (TPSA) is 64.6 Å². The number of hydrogen-bond donors (Lipinski definition) is 1. The minimum Gasteiger partial charge on any atom is -0.460 e. The number of rotatable bonds is 6. The van der Waals surface area contributed by atoms with Crippen molar-refractivity contribution in [2.24, 2.45) is 0 Å². The van der Waals surface area contributed by atoms with E-state index in [0.717, 1.165) is 24.1 Å². The highest BCUT2D eigenvalue weighted by Gasteiger charge is 2.39. The first-order valence-corrected chi connectivity index (χ1v) is 9.65. The average molecular weight is 390 g/mol. The first-order chi connectivity index (χ1) is 13.0. The minimum absolute atomic E-state index is 0.0563. The van der Waals surface area contributed by atoms with Gasteiger partial charge in [0, 0.05) is 40.9 Å². The number of allylic oxidation sites excluding steroid dienone is 3. The monoisotopic (exact) mass is 389 g/mol. The summed E-state index contributed by atoms with van der Waals surface area (Å²) < 4.78 is 10.7. The Labute approximate surface area is 164 Å². The summed E-state index contributed by atoms with van der Waals surface area (Å²) >= 11 is 6.45. The summed E-state index contributed by atoms with van der Waals surface area (Å²) in [5, 5.41) is 3.79. The summed E-state index contributed by atoms with van der Waals surface area (Å²) in [4.78, 5) is 25.7. The fraction of sp³-hybridized carbons (Fsp3) is 0.429. The highest BCUT2D eigenvalue weighted by molar-refractivity contribution is 6.31. The predicted molar refractivity (Wildman–Crippen MR) is 103 cm³/mol. The number of dihydropyridines is 1. The van der Waals surface area contributed by atoms with Crippen molar-refractivity contribution in [1.29, 1.82) is 0 Å². The van der Waals surface area contributed by atoms with Crippen molar-refractivity contribution >= 4 is 23.4 Å². The Morgan fingerprint density at radius 3 is 2.78 bits per heavy atom. The Bertz CT molecular complexity index is 812. The summed E-state index contributed by atoms with van der Waals surface area (Å²) in [6.07, 6.45) is 2.07. The Morgan fingerprint density at radius 1 is 1.26 bits per heavy atom. The largest absolute Gasteiger partial charge is 0.460 e. The van der Waals surface area contributed by atoms with E-state index in [2.05, 4.69) is 5.32 Å². The van der Waals surface area contributed by atoms with Gasteiger partial charge < -0.3 is 14.8 Å². The van der Waals surface area contributed by atoms with Gasteiger partial charge in [-0.3, -0.25) is 4.79 Å². The molecule has 0 aromatic heterocycles. The molecule has 0 saturated heterocycles. The lowest BCUT2D eigenvalue weighted by atomic mass is 9.75. The van der Waals surface area contributed by atoms with Crippen molar-refractivity contribution in [3.05, 3.63) is 57.4 Å². The first kappa shape index (κ1) is 19.6. The number of esters is 1. The molecule has 6 heteroatoms. The maximum Gasteiger partial charge on any atom is 0.336 e. The third-order valence-electron chi connectivity index (χ3n) is 4.88. The third kappa shape index (κ3) is 4.09. The van der Waals surface area contributed by atoms with Crippen LogP contribution < -0.4 is 5.32 Å². The van der Waals surface area contributed by atoms with E-state index in [1.165, 1.54) is 0 Å². The number of nitrogens with one attached hydrogen (secondary N) is 1. The standard InChI is InChI=1S/C21H24ClNO4/c1-3-26-11-12-27-21(25)18-13(2)23-16-9-6-10-17(24)20(16)19(18)14-7-4-5-8-15(14)22/h4-5,7-8,19,23H,3,6,9-12H2,1-2H3/t19-/m0/s1. The number of carbonyl (C=O) groups is 2. The van der Waals surface area contributed by atoms with Gasteiger partial charge in [0.1, 0.15) is 6.61 Å². The highest BCUT2D eigenvalue weighted by Crippen LogP contribution is 2.44. The van der Waals surface area contributed by atoms with Crippen molar-refractivity contribution in [2.45, 2.75) is 39.0 Å². The number of halogens is 1. The van der Waals surface area contributed by atoms with Crippen LogP contribution in [0.2, 0.25) is 5.02 Å². The van der Waals surface area contributed by atoms with E-state index in [1.807, 2.05) is 32.0 Å². The van der Waals surface area contributed by atoms with Crippen LogP contribution in [0.3, 0.4) is 0 Å². The Balaban J connectivity index is 2.01. The molecule has 144 valence electrons. The van der Waals surface area contributed by atoms with Crippen LogP contribution in [0.25, 0.3) is 0 Å². The quantitative estimate of drug-likeness (QED) is 0.590. The molecule has 2 aliphatic rings. The van der Waals surface area contributed by atoms with Gasteiger partial charge >= 0.3 is 5.97 Å². The Kier molecular flexibility index (Phi) is 6.34. The van der Waals surface area contributed by atoms with Crippen molar-refractivity contribution in [3.8, 4) is 0 Å². The van der Waals surface area contributed by atoms with Crippen LogP contribution in [0.15, 0.2) is 46.8 Å². The van der Waals surface area contributed by atoms with Gasteiger partial charge in [0.05, 0.1) is 12.2 Å². The Morgan fingerprint density at radius 2 is 2.04 bits per heavy atom. The van der Waals surface area contributed by atoms with Crippen LogP contribution in [-0.2, 0) is 19.1 Å². The summed E-state index contributed by atoms with van der Waals surface area (Å²) in [7, 11) is 0. The molecule has 1 N–H and O–H groups in total. The maximum absolute atomic E-state index is 12.9. The van der Waals surface area contributed by atoms with E-state index in [1.54, 1.807) is 6.07 Å². The highest BCUT2D eigenvalue weighted by atomic mass is 35.5. The van der Waals surface area contributed by atoms with Crippen LogP contribution in [-0.4, -0.2) is 31.6 Å². The molecule has 0 radical (unpaired) electrons. The molecule has 1 aliphatic heterocycles. The lowest BCUT2D eigenvalue weighted by molar-refractivity contribution is -0.140. The summed E-state index contributed by atoms with van der Waals surface area (Å²) in [6.45, 7) is 4.79. The number of benzene rings is 1. The molecule has 0 saturated carbocycles. The van der Waals surface area contributed by atoms with Crippen LogP contribution in [0, 0.1) is 0 Å². The molecule has 1 aliphatic carbocycles. The summed E-state index contributed by atoms with van der Waals surface area (Å²) in [5.41, 5.74) is 3.42. The van der Waals surface area contributed by atoms with E-state index in [4.69, 9.17) is 21.1 Å². The van der Waals surface area contributed by atoms with Gasteiger partial charge in [0.2, 0.25) is 0 Å². The molecule has 27 heavy (non-hydrogen) atoms. The zero-order valence-electron chi connectivity index (χ0n) is 15.6. The SMILES string of the molecule is CCOCCOC(=O)C1=C(C)NC2=C(C(=O)CCC2)[C@H]1c1ccccc1Cl. The molecule has 0 amide bonds. The van der Waals surface area contributed by atoms with E-state index in [0.29, 0.717) is 41.5 Å². The average Bonchev–Trinajstić information content (AvgIpc) is 2.65. The molecule has 0 unspecified atom stereocenters. The van der Waals surface area contributed by atoms with Crippen LogP contribution >= 0.6 is 11.6 Å². The van der Waals surface area contributed by atoms with E-state index in [-0.39, 0.29) is 12.4 Å². The van der Waals surface area contributed by atoms with Crippen molar-refractivity contribution in [3.63, 3.8) is 0 Å². The molecule has 0 spiro atoms. The van der Waals surface area contributed by atoms with Crippen LogP contribution in [0.4, 0.5) is 0 Å². The second-order valence-corrected chi connectivity index (χ2v) is 7.03. The lowest BCUT2D eigenvalue weighted by Crippen LogP contribution is -2.34. The fourth-order valence-corrected chi connectivity index (χ4v) is 3.93. The second-order valence-electron chi connectivity index (χ2n) is 6.62. The van der Waals surface area contributed by atoms with Gasteiger partial charge in [0.25, 0.3) is 0 Å². The number of ether oxygens (including phenoxy) is 2. The molecule has 1 atom stereocenters. The molecule has 5 nitrogen and oxygen atoms in total. The van der Waals surface area contributed by atoms with Gasteiger partial charge in [-0.15, -0.1) is 0 Å². The molecule has 0 fully saturated rings. The van der Waals surface area contributed by atoms with Crippen molar-refractivity contribution in [1.82, 2.24) is 5.32 Å². The first-order valence-electron chi connectivity index (χ1n) is 9.27.